The molecule has 1 aromatic heterocycles. The van der Waals surface area contributed by atoms with Gasteiger partial charge in [0.2, 0.25) is 5.91 Å². The number of carbonyl (C=O) groups excluding carboxylic acids is 2. The maximum Gasteiger partial charge on any atom is 0.341 e. The first-order valence-electron chi connectivity index (χ1n) is 7.36. The molecule has 0 bridgehead atoms. The zero-order valence-corrected chi connectivity index (χ0v) is 15.7. The van der Waals surface area contributed by atoms with Crippen LogP contribution in [0.15, 0.2) is 40.6 Å². The molecule has 0 unspecified atom stereocenters. The molecule has 1 heterocycles. The predicted octanol–water partition coefficient (Wildman–Crippen LogP) is 3.38. The summed E-state index contributed by atoms with van der Waals surface area (Å²) in [4.78, 5) is 23.9. The van der Waals surface area contributed by atoms with Crippen molar-refractivity contribution in [3.63, 3.8) is 0 Å². The van der Waals surface area contributed by atoms with Gasteiger partial charge in [-0.2, -0.15) is 0 Å². The normalized spacial score (nSPS) is 11.1. The van der Waals surface area contributed by atoms with Gasteiger partial charge in [-0.05, 0) is 42.6 Å². The topological polar surface area (TPSA) is 89.5 Å². The van der Waals surface area contributed by atoms with Gasteiger partial charge in [-0.25, -0.2) is 13.2 Å². The van der Waals surface area contributed by atoms with Gasteiger partial charge < -0.3 is 10.1 Å². The smallest absolute Gasteiger partial charge is 0.341 e. The standard InChI is InChI=1S/C16H16ClNO5S2/c1-2-23-16(20)13-7-9-24-15(13)18-14(19)8-10-25(21,22)12-5-3-11(17)4-6-12/h3-7,9H,2,8,10H2,1H3,(H,18,19). The number of hydrogen-bond acceptors (Lipinski definition) is 6. The first-order valence-corrected chi connectivity index (χ1v) is 10.3. The van der Waals surface area contributed by atoms with Crippen LogP contribution in [-0.4, -0.2) is 32.7 Å². The molecule has 25 heavy (non-hydrogen) atoms. The Morgan fingerprint density at radius 1 is 1.20 bits per heavy atom. The fourth-order valence-electron chi connectivity index (χ4n) is 1.95. The molecule has 2 rings (SSSR count). The molecule has 0 spiro atoms. The highest BCUT2D eigenvalue weighted by atomic mass is 35.5. The van der Waals surface area contributed by atoms with Crippen molar-refractivity contribution < 1.29 is 22.7 Å². The lowest BCUT2D eigenvalue weighted by Crippen LogP contribution is -2.18. The SMILES string of the molecule is CCOC(=O)c1ccsc1NC(=O)CCS(=O)(=O)c1ccc(Cl)cc1. The van der Waals surface area contributed by atoms with Crippen LogP contribution in [0.5, 0.6) is 0 Å². The van der Waals surface area contributed by atoms with Gasteiger partial charge in [0.15, 0.2) is 9.84 Å². The van der Waals surface area contributed by atoms with Crippen molar-refractivity contribution in [2.45, 2.75) is 18.2 Å². The second-order valence-corrected chi connectivity index (χ2v) is 8.42. The zero-order chi connectivity index (χ0) is 18.4. The van der Waals surface area contributed by atoms with E-state index in [1.165, 1.54) is 35.6 Å². The Kier molecular flexibility index (Phi) is 6.57. The van der Waals surface area contributed by atoms with Crippen LogP contribution in [0.2, 0.25) is 5.02 Å². The molecule has 1 aromatic carbocycles. The molecule has 0 aliphatic rings. The summed E-state index contributed by atoms with van der Waals surface area (Å²) in [5.41, 5.74) is 0.251. The highest BCUT2D eigenvalue weighted by molar-refractivity contribution is 7.91. The van der Waals surface area contributed by atoms with Gasteiger partial charge in [0, 0.05) is 11.4 Å². The highest BCUT2D eigenvalue weighted by Gasteiger charge is 2.19. The van der Waals surface area contributed by atoms with Crippen LogP contribution < -0.4 is 5.32 Å². The quantitative estimate of drug-likeness (QED) is 0.718. The number of halogens is 1. The Morgan fingerprint density at radius 3 is 2.52 bits per heavy atom. The van der Waals surface area contributed by atoms with Gasteiger partial charge >= 0.3 is 5.97 Å². The predicted molar refractivity (Wildman–Crippen MR) is 97.0 cm³/mol. The summed E-state index contributed by atoms with van der Waals surface area (Å²) in [6, 6.07) is 7.29. The molecule has 0 saturated carbocycles. The summed E-state index contributed by atoms with van der Waals surface area (Å²) in [6.07, 6.45) is -0.231. The Balaban J connectivity index is 1.98. The molecule has 1 N–H and O–H groups in total. The molecule has 1 amide bonds. The summed E-state index contributed by atoms with van der Waals surface area (Å²) in [6.45, 7) is 1.91. The first kappa shape index (κ1) is 19.4. The summed E-state index contributed by atoms with van der Waals surface area (Å²) in [5, 5.41) is 4.97. The number of carbonyl (C=O) groups is 2. The third kappa shape index (κ3) is 5.29. The monoisotopic (exact) mass is 401 g/mol. The van der Waals surface area contributed by atoms with Crippen molar-refractivity contribution in [1.29, 1.82) is 0 Å². The Labute approximate surface area is 154 Å². The molecular formula is C16H16ClNO5S2. The lowest BCUT2D eigenvalue weighted by Gasteiger charge is -2.07. The van der Waals surface area contributed by atoms with E-state index in [0.29, 0.717) is 10.0 Å². The molecule has 0 saturated heterocycles. The van der Waals surface area contributed by atoms with E-state index in [0.717, 1.165) is 0 Å². The van der Waals surface area contributed by atoms with Gasteiger partial charge in [0.1, 0.15) is 5.00 Å². The minimum Gasteiger partial charge on any atom is -0.462 e. The average molecular weight is 402 g/mol. The number of ether oxygens (including phenoxy) is 1. The van der Waals surface area contributed by atoms with Crippen LogP contribution in [0.25, 0.3) is 0 Å². The highest BCUT2D eigenvalue weighted by Crippen LogP contribution is 2.24. The Bertz CT molecular complexity index is 859. The van der Waals surface area contributed by atoms with E-state index in [1.807, 2.05) is 0 Å². The molecule has 0 aliphatic carbocycles. The molecular weight excluding hydrogens is 386 g/mol. The van der Waals surface area contributed by atoms with E-state index in [2.05, 4.69) is 5.32 Å². The van der Waals surface area contributed by atoms with Gasteiger partial charge in [0.25, 0.3) is 0 Å². The molecule has 0 fully saturated rings. The average Bonchev–Trinajstić information content (AvgIpc) is 3.02. The number of anilines is 1. The summed E-state index contributed by atoms with van der Waals surface area (Å²) in [5.74, 6) is -1.38. The van der Waals surface area contributed by atoms with Gasteiger partial charge in [0.05, 0.1) is 22.8 Å². The fourth-order valence-corrected chi connectivity index (χ4v) is 4.11. The van der Waals surface area contributed by atoms with Crippen molar-refractivity contribution in [1.82, 2.24) is 0 Å². The van der Waals surface area contributed by atoms with Crippen molar-refractivity contribution in [3.8, 4) is 0 Å². The summed E-state index contributed by atoms with van der Waals surface area (Å²) < 4.78 is 29.3. The van der Waals surface area contributed by atoms with Crippen LogP contribution in [-0.2, 0) is 19.4 Å². The zero-order valence-electron chi connectivity index (χ0n) is 13.3. The third-order valence-electron chi connectivity index (χ3n) is 3.18. The van der Waals surface area contributed by atoms with Gasteiger partial charge in [-0.3, -0.25) is 4.79 Å². The van der Waals surface area contributed by atoms with E-state index < -0.39 is 21.7 Å². The number of rotatable bonds is 7. The maximum atomic E-state index is 12.2. The fraction of sp³-hybridized carbons (Fsp3) is 0.250. The van der Waals surface area contributed by atoms with E-state index in [4.69, 9.17) is 16.3 Å². The number of amides is 1. The van der Waals surface area contributed by atoms with Crippen LogP contribution in [0.3, 0.4) is 0 Å². The largest absolute Gasteiger partial charge is 0.462 e. The molecule has 9 heteroatoms. The summed E-state index contributed by atoms with van der Waals surface area (Å²) in [7, 11) is -3.59. The number of thiophene rings is 1. The Hall–Kier alpha value is -1.90. The van der Waals surface area contributed by atoms with Crippen LogP contribution >= 0.6 is 22.9 Å². The first-order chi connectivity index (χ1) is 11.8. The van der Waals surface area contributed by atoms with Crippen molar-refractivity contribution in [3.05, 3.63) is 46.3 Å². The van der Waals surface area contributed by atoms with E-state index in [9.17, 15) is 18.0 Å². The van der Waals surface area contributed by atoms with E-state index >= 15 is 0 Å². The number of nitrogens with one attached hydrogen (secondary N) is 1. The van der Waals surface area contributed by atoms with Crippen LogP contribution in [0.1, 0.15) is 23.7 Å². The van der Waals surface area contributed by atoms with Crippen molar-refractivity contribution in [2.24, 2.45) is 0 Å². The molecule has 134 valence electrons. The number of hydrogen-bond donors (Lipinski definition) is 1. The molecule has 0 atom stereocenters. The third-order valence-corrected chi connectivity index (χ3v) is 6.00. The molecule has 2 aromatic rings. The number of sulfone groups is 1. The van der Waals surface area contributed by atoms with E-state index in [1.54, 1.807) is 18.4 Å². The second-order valence-electron chi connectivity index (χ2n) is 4.95. The van der Waals surface area contributed by atoms with Gasteiger partial charge in [-0.15, -0.1) is 11.3 Å². The van der Waals surface area contributed by atoms with Crippen LogP contribution in [0.4, 0.5) is 5.00 Å². The minimum atomic E-state index is -3.59. The van der Waals surface area contributed by atoms with Crippen molar-refractivity contribution in [2.75, 3.05) is 17.7 Å². The number of benzene rings is 1. The van der Waals surface area contributed by atoms with E-state index in [-0.39, 0.29) is 29.2 Å². The van der Waals surface area contributed by atoms with Crippen LogP contribution in [0, 0.1) is 0 Å². The lowest BCUT2D eigenvalue weighted by molar-refractivity contribution is -0.115. The molecule has 6 nitrogen and oxygen atoms in total. The second kappa shape index (κ2) is 8.46. The molecule has 0 aliphatic heterocycles. The van der Waals surface area contributed by atoms with Gasteiger partial charge in [-0.1, -0.05) is 11.6 Å². The Morgan fingerprint density at radius 2 is 1.88 bits per heavy atom. The summed E-state index contributed by atoms with van der Waals surface area (Å²) >= 11 is 6.90. The number of esters is 1. The lowest BCUT2D eigenvalue weighted by atomic mass is 10.3. The molecule has 0 radical (unpaired) electrons. The minimum absolute atomic E-state index is 0.105. The van der Waals surface area contributed by atoms with Crippen molar-refractivity contribution >= 4 is 49.7 Å². The maximum absolute atomic E-state index is 12.2.